The number of nitrogens with one attached hydrogen (secondary N) is 3. The quantitative estimate of drug-likeness (QED) is 0.581. The van der Waals surface area contributed by atoms with Crippen molar-refractivity contribution in [2.75, 3.05) is 28.5 Å². The summed E-state index contributed by atoms with van der Waals surface area (Å²) < 4.78 is 26.9. The summed E-state index contributed by atoms with van der Waals surface area (Å²) in [6.45, 7) is 3.99. The molecule has 1 heterocycles. The molecule has 0 radical (unpaired) electrons. The van der Waals surface area contributed by atoms with E-state index >= 15 is 0 Å². The number of para-hydroxylation sites is 2. The predicted molar refractivity (Wildman–Crippen MR) is 122 cm³/mol. The van der Waals surface area contributed by atoms with Gasteiger partial charge < -0.3 is 16.0 Å². The molecule has 3 N–H and O–H groups in total. The third-order valence-corrected chi connectivity index (χ3v) is 6.88. The first-order valence-corrected chi connectivity index (χ1v) is 11.9. The van der Waals surface area contributed by atoms with Crippen molar-refractivity contribution >= 4 is 33.3 Å². The van der Waals surface area contributed by atoms with Gasteiger partial charge in [-0.05, 0) is 36.1 Å². The fourth-order valence-electron chi connectivity index (χ4n) is 3.49. The van der Waals surface area contributed by atoms with Crippen molar-refractivity contribution in [2.24, 2.45) is 5.92 Å². The lowest BCUT2D eigenvalue weighted by Crippen LogP contribution is -2.51. The van der Waals surface area contributed by atoms with Crippen molar-refractivity contribution in [2.45, 2.75) is 26.3 Å². The zero-order chi connectivity index (χ0) is 22.4. The van der Waals surface area contributed by atoms with E-state index in [0.717, 1.165) is 5.56 Å². The SMILES string of the molecule is CC(C)[C@@H](NC(=O)Nc1ccccc1)C(=O)NCCS(=O)(=O)N1CCc2ccccc21. The zero-order valence-corrected chi connectivity index (χ0v) is 18.5. The number of carbonyl (C=O) groups is 2. The van der Waals surface area contributed by atoms with E-state index in [9.17, 15) is 18.0 Å². The number of amides is 3. The maximum absolute atomic E-state index is 12.8. The van der Waals surface area contributed by atoms with Gasteiger partial charge in [-0.3, -0.25) is 9.10 Å². The lowest BCUT2D eigenvalue weighted by atomic mass is 10.0. The monoisotopic (exact) mass is 444 g/mol. The molecule has 0 saturated carbocycles. The Morgan fingerprint density at radius 1 is 1.03 bits per heavy atom. The second-order valence-electron chi connectivity index (χ2n) is 7.74. The molecule has 3 amide bonds. The van der Waals surface area contributed by atoms with Gasteiger partial charge >= 0.3 is 6.03 Å². The summed E-state index contributed by atoms with van der Waals surface area (Å²) in [6, 6.07) is 15.0. The van der Waals surface area contributed by atoms with Crippen LogP contribution in [-0.2, 0) is 21.2 Å². The molecule has 1 aliphatic rings. The Bertz CT molecular complexity index is 1020. The molecule has 0 spiro atoms. The van der Waals surface area contributed by atoms with Gasteiger partial charge in [-0.25, -0.2) is 13.2 Å². The molecular weight excluding hydrogens is 416 g/mol. The van der Waals surface area contributed by atoms with Crippen molar-refractivity contribution in [1.29, 1.82) is 0 Å². The van der Waals surface area contributed by atoms with Crippen LogP contribution in [-0.4, -0.2) is 45.2 Å². The average Bonchev–Trinajstić information content (AvgIpc) is 3.17. The second kappa shape index (κ2) is 9.82. The Morgan fingerprint density at radius 2 is 1.71 bits per heavy atom. The standard InChI is InChI=1S/C22H28N4O4S/c1-16(2)20(25-22(28)24-18-9-4-3-5-10-18)21(27)23-13-15-31(29,30)26-14-12-17-8-6-7-11-19(17)26/h3-11,16,20H,12-15H2,1-2H3,(H,23,27)(H2,24,25,28)/t20-/m1/s1. The molecule has 0 bridgehead atoms. The minimum Gasteiger partial charge on any atom is -0.353 e. The van der Waals surface area contributed by atoms with Crippen LogP contribution in [0.15, 0.2) is 54.6 Å². The minimum absolute atomic E-state index is 0.0367. The van der Waals surface area contributed by atoms with Crippen molar-refractivity contribution in [3.63, 3.8) is 0 Å². The molecule has 2 aromatic carbocycles. The van der Waals surface area contributed by atoms with Crippen LogP contribution in [0, 0.1) is 5.92 Å². The van der Waals surface area contributed by atoms with Crippen LogP contribution in [0.1, 0.15) is 19.4 Å². The summed E-state index contributed by atoms with van der Waals surface area (Å²) in [5.41, 5.74) is 2.32. The maximum atomic E-state index is 12.8. The topological polar surface area (TPSA) is 108 Å². The first-order chi connectivity index (χ1) is 14.8. The molecule has 0 fully saturated rings. The highest BCUT2D eigenvalue weighted by atomic mass is 32.2. The fourth-order valence-corrected chi connectivity index (χ4v) is 4.91. The maximum Gasteiger partial charge on any atom is 0.319 e. The highest BCUT2D eigenvalue weighted by Crippen LogP contribution is 2.29. The van der Waals surface area contributed by atoms with E-state index in [2.05, 4.69) is 16.0 Å². The molecule has 8 nitrogen and oxygen atoms in total. The Labute approximate surface area is 183 Å². The van der Waals surface area contributed by atoms with Crippen molar-refractivity contribution < 1.29 is 18.0 Å². The molecule has 9 heteroatoms. The normalized spacial score (nSPS) is 14.1. The third kappa shape index (κ3) is 5.75. The van der Waals surface area contributed by atoms with Crippen LogP contribution in [0.5, 0.6) is 0 Å². The predicted octanol–water partition coefficient (Wildman–Crippen LogP) is 2.34. The highest BCUT2D eigenvalue weighted by Gasteiger charge is 2.29. The molecular formula is C22H28N4O4S. The zero-order valence-electron chi connectivity index (χ0n) is 17.7. The molecule has 3 rings (SSSR count). The third-order valence-electron chi connectivity index (χ3n) is 5.11. The number of benzene rings is 2. The molecule has 1 aliphatic heterocycles. The van der Waals surface area contributed by atoms with E-state index in [4.69, 9.17) is 0 Å². The highest BCUT2D eigenvalue weighted by molar-refractivity contribution is 7.92. The second-order valence-corrected chi connectivity index (χ2v) is 9.76. The smallest absolute Gasteiger partial charge is 0.319 e. The van der Waals surface area contributed by atoms with Crippen LogP contribution < -0.4 is 20.3 Å². The van der Waals surface area contributed by atoms with Gasteiger partial charge in [-0.1, -0.05) is 50.2 Å². The van der Waals surface area contributed by atoms with Gasteiger partial charge in [0.1, 0.15) is 6.04 Å². The van der Waals surface area contributed by atoms with Gasteiger partial charge in [-0.15, -0.1) is 0 Å². The van der Waals surface area contributed by atoms with Crippen molar-refractivity contribution in [3.8, 4) is 0 Å². The number of hydrogen-bond donors (Lipinski definition) is 3. The van der Waals surface area contributed by atoms with E-state index in [-0.39, 0.29) is 18.2 Å². The van der Waals surface area contributed by atoms with E-state index in [1.807, 2.05) is 38.1 Å². The fraction of sp³-hybridized carbons (Fsp3) is 0.364. The summed E-state index contributed by atoms with van der Waals surface area (Å²) in [6.07, 6.45) is 0.678. The summed E-state index contributed by atoms with van der Waals surface area (Å²) in [5, 5.41) is 7.98. The first kappa shape index (κ1) is 22.6. The Morgan fingerprint density at radius 3 is 2.42 bits per heavy atom. The van der Waals surface area contributed by atoms with Crippen LogP contribution >= 0.6 is 0 Å². The van der Waals surface area contributed by atoms with Crippen LogP contribution in [0.2, 0.25) is 0 Å². The van der Waals surface area contributed by atoms with Crippen molar-refractivity contribution in [1.82, 2.24) is 10.6 Å². The van der Waals surface area contributed by atoms with E-state index in [1.54, 1.807) is 30.3 Å². The molecule has 31 heavy (non-hydrogen) atoms. The number of rotatable bonds is 8. The van der Waals surface area contributed by atoms with Crippen molar-refractivity contribution in [3.05, 3.63) is 60.2 Å². The minimum atomic E-state index is -3.56. The van der Waals surface area contributed by atoms with Gasteiger partial charge in [0.15, 0.2) is 0 Å². The van der Waals surface area contributed by atoms with E-state index < -0.39 is 28.0 Å². The molecule has 0 unspecified atom stereocenters. The number of fused-ring (bicyclic) bond motifs is 1. The summed E-state index contributed by atoms with van der Waals surface area (Å²) in [5.74, 6) is -0.812. The molecule has 0 aliphatic carbocycles. The van der Waals surface area contributed by atoms with Crippen LogP contribution in [0.4, 0.5) is 16.2 Å². The largest absolute Gasteiger partial charge is 0.353 e. The molecule has 0 saturated heterocycles. The number of urea groups is 1. The lowest BCUT2D eigenvalue weighted by Gasteiger charge is -2.23. The summed E-state index contributed by atoms with van der Waals surface area (Å²) >= 11 is 0. The molecule has 2 aromatic rings. The first-order valence-electron chi connectivity index (χ1n) is 10.3. The van der Waals surface area contributed by atoms with Crippen LogP contribution in [0.3, 0.4) is 0 Å². The summed E-state index contributed by atoms with van der Waals surface area (Å²) in [4.78, 5) is 24.9. The van der Waals surface area contributed by atoms with E-state index in [1.165, 1.54) is 4.31 Å². The molecule has 1 atom stereocenters. The van der Waals surface area contributed by atoms with Crippen LogP contribution in [0.25, 0.3) is 0 Å². The average molecular weight is 445 g/mol. The van der Waals surface area contributed by atoms with Gasteiger partial charge in [0.25, 0.3) is 0 Å². The molecule has 0 aromatic heterocycles. The Balaban J connectivity index is 1.53. The number of anilines is 2. The lowest BCUT2D eigenvalue weighted by molar-refractivity contribution is -0.123. The summed E-state index contributed by atoms with van der Waals surface area (Å²) in [7, 11) is -3.56. The number of hydrogen-bond acceptors (Lipinski definition) is 4. The van der Waals surface area contributed by atoms with E-state index in [0.29, 0.717) is 24.3 Å². The van der Waals surface area contributed by atoms with Gasteiger partial charge in [0.2, 0.25) is 15.9 Å². The number of sulfonamides is 1. The van der Waals surface area contributed by atoms with Gasteiger partial charge in [0.05, 0.1) is 11.4 Å². The number of carbonyl (C=O) groups excluding carboxylic acids is 2. The van der Waals surface area contributed by atoms with Gasteiger partial charge in [-0.2, -0.15) is 0 Å². The Hall–Kier alpha value is -3.07. The van der Waals surface area contributed by atoms with Gasteiger partial charge in [0, 0.05) is 18.8 Å². The Kier molecular flexibility index (Phi) is 7.17. The number of nitrogens with zero attached hydrogens (tertiary/aromatic N) is 1. The molecule has 166 valence electrons.